The van der Waals surface area contributed by atoms with Gasteiger partial charge in [0.15, 0.2) is 0 Å². The fourth-order valence-electron chi connectivity index (χ4n) is 1.99. The standard InChI is InChI=1S/C15H30N2O/c1-5-7-8-9-10-11-13-17(3,4)14-12-16-15(18)6-2/h6H,2,5,7-14H2,1,3-4H3/p+1. The quantitative estimate of drug-likeness (QED) is 0.343. The Kier molecular flexibility index (Phi) is 9.66. The van der Waals surface area contributed by atoms with Crippen LogP contribution in [0.1, 0.15) is 45.4 Å². The van der Waals surface area contributed by atoms with Crippen molar-refractivity contribution in [3.63, 3.8) is 0 Å². The van der Waals surface area contributed by atoms with Crippen molar-refractivity contribution in [3.05, 3.63) is 12.7 Å². The predicted octanol–water partition coefficient (Wildman–Crippen LogP) is 2.73. The maximum absolute atomic E-state index is 11.0. The molecule has 0 aromatic heterocycles. The molecule has 0 fully saturated rings. The fraction of sp³-hybridized carbons (Fsp3) is 0.800. The lowest BCUT2D eigenvalue weighted by Crippen LogP contribution is -2.45. The zero-order valence-corrected chi connectivity index (χ0v) is 12.5. The molecule has 0 aliphatic rings. The molecular formula is C15H31N2O+. The summed E-state index contributed by atoms with van der Waals surface area (Å²) in [5.41, 5.74) is 0. The van der Waals surface area contributed by atoms with Crippen LogP contribution in [0.25, 0.3) is 0 Å². The summed E-state index contributed by atoms with van der Waals surface area (Å²) in [5.74, 6) is -0.0745. The van der Waals surface area contributed by atoms with E-state index in [1.807, 2.05) is 0 Å². The minimum Gasteiger partial charge on any atom is -0.347 e. The Labute approximate surface area is 113 Å². The first-order chi connectivity index (χ1) is 8.52. The zero-order chi connectivity index (χ0) is 13.9. The Bertz CT molecular complexity index is 237. The molecule has 0 heterocycles. The molecule has 1 amide bonds. The van der Waals surface area contributed by atoms with E-state index in [0.29, 0.717) is 0 Å². The lowest BCUT2D eigenvalue weighted by molar-refractivity contribution is -0.889. The van der Waals surface area contributed by atoms with E-state index in [1.165, 1.54) is 51.1 Å². The second-order valence-corrected chi connectivity index (χ2v) is 5.65. The molecule has 106 valence electrons. The Balaban J connectivity index is 3.54. The average molecular weight is 255 g/mol. The summed E-state index contributed by atoms with van der Waals surface area (Å²) in [6, 6.07) is 0. The maximum Gasteiger partial charge on any atom is 0.243 e. The Morgan fingerprint density at radius 2 is 1.72 bits per heavy atom. The van der Waals surface area contributed by atoms with Crippen LogP contribution in [0, 0.1) is 0 Å². The van der Waals surface area contributed by atoms with Crippen LogP contribution in [0.5, 0.6) is 0 Å². The summed E-state index contributed by atoms with van der Waals surface area (Å²) in [6.07, 6.45) is 9.36. The second kappa shape index (κ2) is 10.1. The van der Waals surface area contributed by atoms with Crippen LogP contribution in [0.3, 0.4) is 0 Å². The number of nitrogens with zero attached hydrogens (tertiary/aromatic N) is 1. The van der Waals surface area contributed by atoms with Gasteiger partial charge in [0.25, 0.3) is 0 Å². The molecule has 0 bridgehead atoms. The number of amides is 1. The third-order valence-corrected chi connectivity index (χ3v) is 3.32. The molecule has 0 spiro atoms. The van der Waals surface area contributed by atoms with Gasteiger partial charge in [0.1, 0.15) is 0 Å². The molecule has 0 radical (unpaired) electrons. The Morgan fingerprint density at radius 3 is 2.33 bits per heavy atom. The van der Waals surface area contributed by atoms with Gasteiger partial charge in [-0.15, -0.1) is 0 Å². The van der Waals surface area contributed by atoms with Crippen LogP contribution < -0.4 is 5.32 Å². The topological polar surface area (TPSA) is 29.1 Å². The number of likely N-dealkylation sites (N-methyl/N-ethyl adjacent to an activating group) is 1. The summed E-state index contributed by atoms with van der Waals surface area (Å²) in [5, 5.41) is 2.83. The summed E-state index contributed by atoms with van der Waals surface area (Å²) in [4.78, 5) is 11.0. The molecule has 18 heavy (non-hydrogen) atoms. The number of rotatable bonds is 11. The Hall–Kier alpha value is -0.830. The smallest absolute Gasteiger partial charge is 0.243 e. The zero-order valence-electron chi connectivity index (χ0n) is 12.5. The monoisotopic (exact) mass is 255 g/mol. The number of carbonyl (C=O) groups excluding carboxylic acids is 1. The first-order valence-electron chi connectivity index (χ1n) is 7.24. The van der Waals surface area contributed by atoms with Gasteiger partial charge < -0.3 is 9.80 Å². The molecule has 0 rings (SSSR count). The third-order valence-electron chi connectivity index (χ3n) is 3.32. The summed E-state index contributed by atoms with van der Waals surface area (Å²) < 4.78 is 0.977. The predicted molar refractivity (Wildman–Crippen MR) is 78.4 cm³/mol. The summed E-state index contributed by atoms with van der Waals surface area (Å²) in [7, 11) is 4.46. The highest BCUT2D eigenvalue weighted by Crippen LogP contribution is 2.07. The van der Waals surface area contributed by atoms with Crippen LogP contribution in [0.15, 0.2) is 12.7 Å². The summed E-state index contributed by atoms with van der Waals surface area (Å²) in [6.45, 7) is 8.59. The highest BCUT2D eigenvalue weighted by Gasteiger charge is 2.13. The van der Waals surface area contributed by atoms with Gasteiger partial charge in [0, 0.05) is 0 Å². The van der Waals surface area contributed by atoms with Gasteiger partial charge in [-0.3, -0.25) is 4.79 Å². The normalized spacial score (nSPS) is 11.3. The lowest BCUT2D eigenvalue weighted by atomic mass is 10.1. The largest absolute Gasteiger partial charge is 0.347 e. The molecule has 0 aliphatic carbocycles. The number of carbonyl (C=O) groups is 1. The first-order valence-corrected chi connectivity index (χ1v) is 7.24. The Morgan fingerprint density at radius 1 is 1.11 bits per heavy atom. The van der Waals surface area contributed by atoms with Gasteiger partial charge in [-0.25, -0.2) is 0 Å². The molecule has 3 nitrogen and oxygen atoms in total. The van der Waals surface area contributed by atoms with Crippen LogP contribution >= 0.6 is 0 Å². The van der Waals surface area contributed by atoms with E-state index in [4.69, 9.17) is 0 Å². The number of quaternary nitrogens is 1. The SMILES string of the molecule is C=CC(=O)NCC[N+](C)(C)CCCCCCCC. The van der Waals surface area contributed by atoms with Gasteiger partial charge in [0.2, 0.25) is 5.91 Å². The lowest BCUT2D eigenvalue weighted by Gasteiger charge is -2.29. The summed E-state index contributed by atoms with van der Waals surface area (Å²) >= 11 is 0. The molecule has 3 heteroatoms. The number of unbranched alkanes of at least 4 members (excludes halogenated alkanes) is 5. The molecule has 1 N–H and O–H groups in total. The molecule has 0 saturated carbocycles. The molecular weight excluding hydrogens is 224 g/mol. The number of hydrogen-bond donors (Lipinski definition) is 1. The first kappa shape index (κ1) is 17.2. The van der Waals surface area contributed by atoms with Crippen molar-refractivity contribution in [1.29, 1.82) is 0 Å². The van der Waals surface area contributed by atoms with Crippen LogP contribution in [0.4, 0.5) is 0 Å². The third kappa shape index (κ3) is 10.3. The minimum atomic E-state index is -0.0745. The minimum absolute atomic E-state index is 0.0745. The van der Waals surface area contributed by atoms with Crippen molar-refractivity contribution in [2.45, 2.75) is 45.4 Å². The van der Waals surface area contributed by atoms with Gasteiger partial charge in [0.05, 0.1) is 33.7 Å². The van der Waals surface area contributed by atoms with Crippen LogP contribution in [0.2, 0.25) is 0 Å². The second-order valence-electron chi connectivity index (χ2n) is 5.65. The number of hydrogen-bond acceptors (Lipinski definition) is 1. The number of nitrogens with one attached hydrogen (secondary N) is 1. The van der Waals surface area contributed by atoms with Gasteiger partial charge in [-0.2, -0.15) is 0 Å². The molecule has 0 saturated heterocycles. The van der Waals surface area contributed by atoms with E-state index < -0.39 is 0 Å². The average Bonchev–Trinajstić information content (AvgIpc) is 2.33. The molecule has 0 aromatic rings. The highest BCUT2D eigenvalue weighted by atomic mass is 16.1. The van der Waals surface area contributed by atoms with Crippen LogP contribution in [-0.4, -0.2) is 44.1 Å². The molecule has 0 unspecified atom stereocenters. The van der Waals surface area contributed by atoms with Crippen molar-refractivity contribution in [2.75, 3.05) is 33.7 Å². The van der Waals surface area contributed by atoms with Crippen LogP contribution in [-0.2, 0) is 4.79 Å². The van der Waals surface area contributed by atoms with E-state index in [1.54, 1.807) is 0 Å². The van der Waals surface area contributed by atoms with Crippen molar-refractivity contribution < 1.29 is 9.28 Å². The van der Waals surface area contributed by atoms with E-state index in [2.05, 4.69) is 32.9 Å². The van der Waals surface area contributed by atoms with Crippen molar-refractivity contribution in [2.24, 2.45) is 0 Å². The molecule has 0 aromatic carbocycles. The van der Waals surface area contributed by atoms with Crippen molar-refractivity contribution >= 4 is 5.91 Å². The van der Waals surface area contributed by atoms with E-state index >= 15 is 0 Å². The van der Waals surface area contributed by atoms with E-state index in [-0.39, 0.29) is 5.91 Å². The van der Waals surface area contributed by atoms with E-state index in [9.17, 15) is 4.79 Å². The molecule has 0 aliphatic heterocycles. The maximum atomic E-state index is 11.0. The van der Waals surface area contributed by atoms with Gasteiger partial charge >= 0.3 is 0 Å². The van der Waals surface area contributed by atoms with Gasteiger partial charge in [-0.1, -0.05) is 39.2 Å². The van der Waals surface area contributed by atoms with Gasteiger partial charge in [-0.05, 0) is 18.9 Å². The fourth-order valence-corrected chi connectivity index (χ4v) is 1.99. The van der Waals surface area contributed by atoms with Crippen molar-refractivity contribution in [1.82, 2.24) is 5.32 Å². The molecule has 0 atom stereocenters. The van der Waals surface area contributed by atoms with E-state index in [0.717, 1.165) is 17.6 Å². The highest BCUT2D eigenvalue weighted by molar-refractivity contribution is 5.86. The van der Waals surface area contributed by atoms with Crippen molar-refractivity contribution in [3.8, 4) is 0 Å².